The maximum absolute atomic E-state index is 3.46. The molecule has 0 radical (unpaired) electrons. The molecule has 0 saturated heterocycles. The van der Waals surface area contributed by atoms with Crippen LogP contribution in [0.2, 0.25) is 0 Å². The molecular formula is C12H22N2. The molecule has 1 aromatic heterocycles. The van der Waals surface area contributed by atoms with Crippen molar-refractivity contribution in [3.8, 4) is 0 Å². The van der Waals surface area contributed by atoms with Crippen LogP contribution in [0.15, 0.2) is 18.5 Å². The first-order valence-electron chi connectivity index (χ1n) is 5.50. The van der Waals surface area contributed by atoms with Gasteiger partial charge in [-0.3, -0.25) is 0 Å². The summed E-state index contributed by atoms with van der Waals surface area (Å²) < 4.78 is 2.09. The molecule has 0 bridgehead atoms. The molecule has 1 N–H and O–H groups in total. The largest absolute Gasteiger partial charge is 0.357 e. The molecular weight excluding hydrogens is 172 g/mol. The van der Waals surface area contributed by atoms with E-state index in [2.05, 4.69) is 49.2 Å². The zero-order valence-electron chi connectivity index (χ0n) is 9.59. The first kappa shape index (κ1) is 11.3. The Kier molecular flexibility index (Phi) is 4.74. The van der Waals surface area contributed by atoms with Crippen LogP contribution in [-0.4, -0.2) is 11.1 Å². The first-order chi connectivity index (χ1) is 6.68. The highest BCUT2D eigenvalue weighted by Crippen LogP contribution is 2.02. The van der Waals surface area contributed by atoms with Gasteiger partial charge in [0.05, 0.1) is 0 Å². The Hall–Kier alpha value is -0.760. The predicted molar refractivity (Wildman–Crippen MR) is 61.2 cm³/mol. The van der Waals surface area contributed by atoms with Crippen molar-refractivity contribution in [1.82, 2.24) is 9.88 Å². The van der Waals surface area contributed by atoms with E-state index in [4.69, 9.17) is 0 Å². The average molecular weight is 194 g/mol. The molecule has 1 heterocycles. The van der Waals surface area contributed by atoms with Gasteiger partial charge in [0.15, 0.2) is 0 Å². The van der Waals surface area contributed by atoms with Crippen molar-refractivity contribution in [2.24, 2.45) is 13.0 Å². The van der Waals surface area contributed by atoms with Crippen molar-refractivity contribution in [3.63, 3.8) is 0 Å². The van der Waals surface area contributed by atoms with Gasteiger partial charge in [-0.1, -0.05) is 13.8 Å². The number of hydrogen-bond acceptors (Lipinski definition) is 1. The molecule has 0 unspecified atom stereocenters. The Morgan fingerprint density at radius 1 is 1.43 bits per heavy atom. The monoisotopic (exact) mass is 194 g/mol. The molecule has 0 spiro atoms. The van der Waals surface area contributed by atoms with Crippen molar-refractivity contribution in [3.05, 3.63) is 24.0 Å². The van der Waals surface area contributed by atoms with Crippen LogP contribution in [0, 0.1) is 5.92 Å². The third kappa shape index (κ3) is 4.47. The number of hydrogen-bond donors (Lipinski definition) is 1. The summed E-state index contributed by atoms with van der Waals surface area (Å²) >= 11 is 0. The fourth-order valence-electron chi connectivity index (χ4n) is 1.53. The molecule has 80 valence electrons. The quantitative estimate of drug-likeness (QED) is 0.689. The number of rotatable bonds is 6. The molecule has 1 aromatic rings. The lowest BCUT2D eigenvalue weighted by Gasteiger charge is -2.05. The predicted octanol–water partition coefficient (Wildman–Crippen LogP) is 2.55. The van der Waals surface area contributed by atoms with Crippen molar-refractivity contribution in [2.75, 3.05) is 6.54 Å². The summed E-state index contributed by atoms with van der Waals surface area (Å²) in [7, 11) is 2.06. The highest BCUT2D eigenvalue weighted by atomic mass is 14.9. The Balaban J connectivity index is 2.04. The minimum Gasteiger partial charge on any atom is -0.357 e. The van der Waals surface area contributed by atoms with Crippen LogP contribution in [0.1, 0.15) is 32.3 Å². The normalized spacial score (nSPS) is 11.1. The Labute approximate surface area is 87.3 Å². The van der Waals surface area contributed by atoms with Crippen LogP contribution in [0.25, 0.3) is 0 Å². The number of nitrogens with zero attached hydrogens (tertiary/aromatic N) is 1. The number of nitrogens with one attached hydrogen (secondary N) is 1. The molecule has 0 aliphatic carbocycles. The molecule has 2 heteroatoms. The zero-order valence-corrected chi connectivity index (χ0v) is 9.59. The zero-order chi connectivity index (χ0) is 10.4. The molecule has 0 fully saturated rings. The van der Waals surface area contributed by atoms with Gasteiger partial charge >= 0.3 is 0 Å². The fraction of sp³-hybridized carbons (Fsp3) is 0.667. The van der Waals surface area contributed by atoms with E-state index >= 15 is 0 Å². The summed E-state index contributed by atoms with van der Waals surface area (Å²) in [6.45, 7) is 6.68. The molecule has 0 aliphatic rings. The second kappa shape index (κ2) is 5.86. The van der Waals surface area contributed by atoms with E-state index in [0.29, 0.717) is 0 Å². The molecule has 2 nitrogen and oxygen atoms in total. The van der Waals surface area contributed by atoms with E-state index in [1.165, 1.54) is 18.4 Å². The minimum absolute atomic E-state index is 0.827. The van der Waals surface area contributed by atoms with E-state index in [1.807, 2.05) is 0 Å². The summed E-state index contributed by atoms with van der Waals surface area (Å²) in [6.07, 6.45) is 6.85. The van der Waals surface area contributed by atoms with Crippen LogP contribution in [-0.2, 0) is 13.6 Å². The summed E-state index contributed by atoms with van der Waals surface area (Å²) in [6, 6.07) is 2.16. The van der Waals surface area contributed by atoms with Crippen molar-refractivity contribution >= 4 is 0 Å². The van der Waals surface area contributed by atoms with E-state index in [-0.39, 0.29) is 0 Å². The third-order valence-corrected chi connectivity index (χ3v) is 2.36. The maximum atomic E-state index is 3.46. The smallest absolute Gasteiger partial charge is 0.0220 e. The standard InChI is InChI=1S/C12H22N2/c1-11(2)5-4-7-13-9-12-6-8-14(3)10-12/h6,8,10-11,13H,4-5,7,9H2,1-3H3. The lowest BCUT2D eigenvalue weighted by Crippen LogP contribution is -2.14. The molecule has 0 amide bonds. The SMILES string of the molecule is CC(C)CCCNCc1ccn(C)c1. The molecule has 14 heavy (non-hydrogen) atoms. The van der Waals surface area contributed by atoms with Gasteiger partial charge in [0, 0.05) is 26.0 Å². The lowest BCUT2D eigenvalue weighted by atomic mass is 10.1. The summed E-state index contributed by atoms with van der Waals surface area (Å²) in [5.41, 5.74) is 1.37. The van der Waals surface area contributed by atoms with Gasteiger partial charge in [0.1, 0.15) is 0 Å². The third-order valence-electron chi connectivity index (χ3n) is 2.36. The first-order valence-corrected chi connectivity index (χ1v) is 5.50. The van der Waals surface area contributed by atoms with Gasteiger partial charge in [-0.15, -0.1) is 0 Å². The highest BCUT2D eigenvalue weighted by molar-refractivity contribution is 5.09. The van der Waals surface area contributed by atoms with Gasteiger partial charge in [-0.25, -0.2) is 0 Å². The second-order valence-electron chi connectivity index (χ2n) is 4.40. The van der Waals surface area contributed by atoms with Crippen molar-refractivity contribution < 1.29 is 0 Å². The number of aromatic nitrogens is 1. The van der Waals surface area contributed by atoms with Crippen LogP contribution in [0.5, 0.6) is 0 Å². The van der Waals surface area contributed by atoms with E-state index in [9.17, 15) is 0 Å². The summed E-state index contributed by atoms with van der Waals surface area (Å²) in [5.74, 6) is 0.827. The van der Waals surface area contributed by atoms with Gasteiger partial charge in [0.2, 0.25) is 0 Å². The average Bonchev–Trinajstić information content (AvgIpc) is 2.50. The van der Waals surface area contributed by atoms with Crippen molar-refractivity contribution in [2.45, 2.75) is 33.2 Å². The minimum atomic E-state index is 0.827. The Morgan fingerprint density at radius 3 is 2.79 bits per heavy atom. The van der Waals surface area contributed by atoms with Crippen LogP contribution in [0.3, 0.4) is 0 Å². The van der Waals surface area contributed by atoms with E-state index in [1.54, 1.807) is 0 Å². The van der Waals surface area contributed by atoms with Crippen molar-refractivity contribution in [1.29, 1.82) is 0 Å². The summed E-state index contributed by atoms with van der Waals surface area (Å²) in [4.78, 5) is 0. The fourth-order valence-corrected chi connectivity index (χ4v) is 1.53. The van der Waals surface area contributed by atoms with E-state index < -0.39 is 0 Å². The van der Waals surface area contributed by atoms with Gasteiger partial charge in [-0.05, 0) is 36.9 Å². The maximum Gasteiger partial charge on any atom is 0.0220 e. The molecule has 0 saturated carbocycles. The van der Waals surface area contributed by atoms with E-state index in [0.717, 1.165) is 19.0 Å². The Morgan fingerprint density at radius 2 is 2.21 bits per heavy atom. The topological polar surface area (TPSA) is 17.0 Å². The molecule has 1 rings (SSSR count). The molecule has 0 atom stereocenters. The molecule has 0 aliphatic heterocycles. The lowest BCUT2D eigenvalue weighted by molar-refractivity contribution is 0.527. The van der Waals surface area contributed by atoms with Crippen LogP contribution in [0.4, 0.5) is 0 Å². The van der Waals surface area contributed by atoms with Gasteiger partial charge in [0.25, 0.3) is 0 Å². The Bertz CT molecular complexity index is 251. The van der Waals surface area contributed by atoms with Gasteiger partial charge < -0.3 is 9.88 Å². The summed E-state index contributed by atoms with van der Waals surface area (Å²) in [5, 5.41) is 3.46. The van der Waals surface area contributed by atoms with Crippen LogP contribution >= 0.6 is 0 Å². The van der Waals surface area contributed by atoms with Crippen LogP contribution < -0.4 is 5.32 Å². The van der Waals surface area contributed by atoms with Gasteiger partial charge in [-0.2, -0.15) is 0 Å². The number of aryl methyl sites for hydroxylation is 1. The second-order valence-corrected chi connectivity index (χ2v) is 4.40. The highest BCUT2D eigenvalue weighted by Gasteiger charge is 1.95. The molecule has 0 aromatic carbocycles.